The van der Waals surface area contributed by atoms with Crippen molar-refractivity contribution < 1.29 is 13.6 Å². The Morgan fingerprint density at radius 2 is 2.17 bits per heavy atom. The largest absolute Gasteiger partial charge is 0.451 e. The van der Waals surface area contributed by atoms with Crippen LogP contribution in [0.15, 0.2) is 47.1 Å². The van der Waals surface area contributed by atoms with E-state index in [9.17, 15) is 9.18 Å². The van der Waals surface area contributed by atoms with E-state index >= 15 is 0 Å². The van der Waals surface area contributed by atoms with Gasteiger partial charge in [-0.05, 0) is 25.0 Å². The quantitative estimate of drug-likeness (QED) is 0.756. The maximum Gasteiger partial charge on any atom is 0.287 e. The Bertz CT molecular complexity index is 866. The van der Waals surface area contributed by atoms with Gasteiger partial charge in [-0.1, -0.05) is 18.2 Å². The summed E-state index contributed by atoms with van der Waals surface area (Å²) in [5, 5.41) is 7.93. The fourth-order valence-electron chi connectivity index (χ4n) is 2.88. The molecule has 2 heterocycles. The summed E-state index contributed by atoms with van der Waals surface area (Å²) in [5.41, 5.74) is 1.09. The minimum atomic E-state index is -0.395. The third-order valence-electron chi connectivity index (χ3n) is 4.65. The Labute approximate surface area is 138 Å². The van der Waals surface area contributed by atoms with E-state index < -0.39 is 6.67 Å². The van der Waals surface area contributed by atoms with E-state index in [-0.39, 0.29) is 17.1 Å². The highest BCUT2D eigenvalue weighted by atomic mass is 19.1. The van der Waals surface area contributed by atoms with Gasteiger partial charge in [0.2, 0.25) is 0 Å². The second-order valence-electron chi connectivity index (χ2n) is 6.43. The molecule has 0 saturated heterocycles. The number of aromatic nitrogens is 2. The molecule has 6 heteroatoms. The molecule has 0 aliphatic heterocycles. The molecule has 0 radical (unpaired) electrons. The number of halogens is 1. The average molecular weight is 327 g/mol. The van der Waals surface area contributed by atoms with Crippen LogP contribution < -0.4 is 5.32 Å². The van der Waals surface area contributed by atoms with Crippen molar-refractivity contribution in [2.24, 2.45) is 5.41 Å². The monoisotopic (exact) mass is 327 g/mol. The fourth-order valence-corrected chi connectivity index (χ4v) is 2.88. The highest BCUT2D eigenvalue weighted by Gasteiger charge is 2.43. The normalized spacial score (nSPS) is 15.5. The van der Waals surface area contributed by atoms with Crippen molar-refractivity contribution in [1.29, 1.82) is 0 Å². The van der Waals surface area contributed by atoms with E-state index in [1.54, 1.807) is 10.9 Å². The molecule has 1 amide bonds. The van der Waals surface area contributed by atoms with Gasteiger partial charge in [-0.25, -0.2) is 0 Å². The first kappa shape index (κ1) is 14.9. The minimum Gasteiger partial charge on any atom is -0.451 e. The number of hydrogen-bond acceptors (Lipinski definition) is 3. The molecule has 1 aliphatic rings. The van der Waals surface area contributed by atoms with Gasteiger partial charge in [0.15, 0.2) is 5.76 Å². The summed E-state index contributed by atoms with van der Waals surface area (Å²) < 4.78 is 20.5. The van der Waals surface area contributed by atoms with Crippen molar-refractivity contribution in [2.45, 2.75) is 19.4 Å². The lowest BCUT2D eigenvalue weighted by Gasteiger charge is -2.11. The Balaban J connectivity index is 1.64. The summed E-state index contributed by atoms with van der Waals surface area (Å²) in [6, 6.07) is 9.38. The zero-order valence-electron chi connectivity index (χ0n) is 13.2. The van der Waals surface area contributed by atoms with Gasteiger partial charge in [0.1, 0.15) is 5.58 Å². The van der Waals surface area contributed by atoms with Crippen molar-refractivity contribution in [1.82, 2.24) is 15.1 Å². The van der Waals surface area contributed by atoms with Crippen LogP contribution in [0.25, 0.3) is 11.0 Å². The molecule has 2 aromatic heterocycles. The molecule has 5 nitrogen and oxygen atoms in total. The number of carbonyl (C=O) groups is 1. The lowest BCUT2D eigenvalue weighted by atomic mass is 10.1. The molecule has 3 aromatic rings. The third-order valence-corrected chi connectivity index (χ3v) is 4.65. The van der Waals surface area contributed by atoms with Gasteiger partial charge in [-0.15, -0.1) is 0 Å². The third kappa shape index (κ3) is 2.68. The zero-order chi connectivity index (χ0) is 16.6. The number of furan rings is 1. The van der Waals surface area contributed by atoms with Crippen LogP contribution in [0.4, 0.5) is 4.39 Å². The van der Waals surface area contributed by atoms with E-state index in [1.807, 2.05) is 36.5 Å². The number of benzene rings is 1. The number of nitrogens with one attached hydrogen (secondary N) is 1. The summed E-state index contributed by atoms with van der Waals surface area (Å²) in [5.74, 6) is -0.0190. The lowest BCUT2D eigenvalue weighted by molar-refractivity contribution is 0.0915. The van der Waals surface area contributed by atoms with E-state index in [0.29, 0.717) is 18.7 Å². The number of fused-ring (bicyclic) bond motifs is 1. The van der Waals surface area contributed by atoms with Gasteiger partial charge in [0.05, 0.1) is 13.2 Å². The van der Waals surface area contributed by atoms with E-state index in [2.05, 4.69) is 10.4 Å². The van der Waals surface area contributed by atoms with Gasteiger partial charge >= 0.3 is 0 Å². The second kappa shape index (κ2) is 5.78. The predicted molar refractivity (Wildman–Crippen MR) is 87.5 cm³/mol. The van der Waals surface area contributed by atoms with Crippen LogP contribution in [-0.2, 0) is 6.54 Å². The maximum atomic E-state index is 13.0. The van der Waals surface area contributed by atoms with E-state index in [1.165, 1.54) is 0 Å². The van der Waals surface area contributed by atoms with E-state index in [0.717, 1.165) is 23.8 Å². The van der Waals surface area contributed by atoms with Crippen molar-refractivity contribution in [2.75, 3.05) is 13.2 Å². The molecule has 1 fully saturated rings. The molecule has 0 bridgehead atoms. The van der Waals surface area contributed by atoms with Crippen LogP contribution in [0.3, 0.4) is 0 Å². The Kier molecular flexibility index (Phi) is 3.59. The molecule has 0 spiro atoms. The SMILES string of the molecule is O=C(NCC1(CF)CC1)c1oc2ccccc2c1Cn1cccn1. The number of para-hydroxylation sites is 1. The minimum absolute atomic E-state index is 0.279. The molecular formula is C18H18FN3O2. The Morgan fingerprint density at radius 1 is 1.33 bits per heavy atom. The van der Waals surface area contributed by atoms with Crippen LogP contribution >= 0.6 is 0 Å². The van der Waals surface area contributed by atoms with Gasteiger partial charge < -0.3 is 9.73 Å². The number of alkyl halides is 1. The van der Waals surface area contributed by atoms with E-state index in [4.69, 9.17) is 4.42 Å². The summed E-state index contributed by atoms with van der Waals surface area (Å²) >= 11 is 0. The number of rotatable bonds is 6. The molecule has 0 unspecified atom stereocenters. The molecule has 1 aliphatic carbocycles. The smallest absolute Gasteiger partial charge is 0.287 e. The van der Waals surface area contributed by atoms with Crippen molar-refractivity contribution in [3.63, 3.8) is 0 Å². The van der Waals surface area contributed by atoms with Crippen LogP contribution in [0, 0.1) is 5.41 Å². The van der Waals surface area contributed by atoms with Crippen molar-refractivity contribution >= 4 is 16.9 Å². The molecule has 124 valence electrons. The lowest BCUT2D eigenvalue weighted by Crippen LogP contribution is -2.31. The number of nitrogens with zero attached hydrogens (tertiary/aromatic N) is 2. The second-order valence-corrected chi connectivity index (χ2v) is 6.43. The standard InChI is InChI=1S/C18H18FN3O2/c19-11-18(6-7-18)12-20-17(23)16-14(10-22-9-3-8-21-22)13-4-1-2-5-15(13)24-16/h1-5,8-9H,6-7,10-12H2,(H,20,23). The summed E-state index contributed by atoms with van der Waals surface area (Å²) in [6.07, 6.45) is 5.18. The molecule has 4 rings (SSSR count). The number of hydrogen-bond donors (Lipinski definition) is 1. The summed E-state index contributed by atoms with van der Waals surface area (Å²) in [7, 11) is 0. The van der Waals surface area contributed by atoms with Crippen molar-refractivity contribution in [3.05, 3.63) is 54.0 Å². The maximum absolute atomic E-state index is 13.0. The summed E-state index contributed by atoms with van der Waals surface area (Å²) in [4.78, 5) is 12.6. The fraction of sp³-hybridized carbons (Fsp3) is 0.333. The highest BCUT2D eigenvalue weighted by molar-refractivity contribution is 5.99. The van der Waals surface area contributed by atoms with Crippen LogP contribution in [0.5, 0.6) is 0 Å². The van der Waals surface area contributed by atoms with Gasteiger partial charge in [0, 0.05) is 35.3 Å². The first-order valence-corrected chi connectivity index (χ1v) is 8.03. The topological polar surface area (TPSA) is 60.1 Å². The van der Waals surface area contributed by atoms with Gasteiger partial charge in [0.25, 0.3) is 5.91 Å². The molecule has 1 N–H and O–H groups in total. The van der Waals surface area contributed by atoms with Crippen LogP contribution in [-0.4, -0.2) is 28.9 Å². The molecule has 0 atom stereocenters. The zero-order valence-corrected chi connectivity index (χ0v) is 13.2. The average Bonchev–Trinajstić information content (AvgIpc) is 3.03. The Morgan fingerprint density at radius 3 is 2.88 bits per heavy atom. The number of amides is 1. The Hall–Kier alpha value is -2.63. The molecule has 24 heavy (non-hydrogen) atoms. The van der Waals surface area contributed by atoms with Crippen LogP contribution in [0.1, 0.15) is 29.0 Å². The van der Waals surface area contributed by atoms with Gasteiger partial charge in [-0.2, -0.15) is 5.10 Å². The molecule has 1 aromatic carbocycles. The first-order valence-electron chi connectivity index (χ1n) is 8.03. The van der Waals surface area contributed by atoms with Crippen molar-refractivity contribution in [3.8, 4) is 0 Å². The number of carbonyl (C=O) groups excluding carboxylic acids is 1. The first-order chi connectivity index (χ1) is 11.7. The van der Waals surface area contributed by atoms with Crippen LogP contribution in [0.2, 0.25) is 0 Å². The predicted octanol–water partition coefficient (Wildman–Crippen LogP) is 3.16. The highest BCUT2D eigenvalue weighted by Crippen LogP contribution is 2.45. The molecular weight excluding hydrogens is 309 g/mol. The van der Waals surface area contributed by atoms with Gasteiger partial charge in [-0.3, -0.25) is 13.9 Å². The molecule has 1 saturated carbocycles. The summed E-state index contributed by atoms with van der Waals surface area (Å²) in [6.45, 7) is 0.398.